The number of rotatable bonds is 5. The molecule has 3 aromatic heterocycles. The Morgan fingerprint density at radius 1 is 1.38 bits per heavy atom. The minimum Gasteiger partial charge on any atom is -0.323 e. The van der Waals surface area contributed by atoms with Gasteiger partial charge >= 0.3 is 0 Å². The molecule has 122 valence electrons. The Labute approximate surface area is 141 Å². The third-order valence-electron chi connectivity index (χ3n) is 3.43. The summed E-state index contributed by atoms with van der Waals surface area (Å²) < 4.78 is 1.78. The highest BCUT2D eigenvalue weighted by Crippen LogP contribution is 2.33. The van der Waals surface area contributed by atoms with Crippen LogP contribution in [0.15, 0.2) is 34.7 Å². The van der Waals surface area contributed by atoms with E-state index in [4.69, 9.17) is 11.7 Å². The third kappa shape index (κ3) is 2.54. The van der Waals surface area contributed by atoms with E-state index < -0.39 is 0 Å². The Bertz CT molecular complexity index is 940. The van der Waals surface area contributed by atoms with Crippen molar-refractivity contribution in [3.05, 3.63) is 40.9 Å². The summed E-state index contributed by atoms with van der Waals surface area (Å²) in [7, 11) is 0. The van der Waals surface area contributed by atoms with Gasteiger partial charge in [0.2, 0.25) is 0 Å². The largest absolute Gasteiger partial charge is 0.323 e. The van der Waals surface area contributed by atoms with E-state index in [0.29, 0.717) is 28.5 Å². The van der Waals surface area contributed by atoms with E-state index in [0.717, 1.165) is 10.4 Å². The van der Waals surface area contributed by atoms with Gasteiger partial charge in [0.1, 0.15) is 10.5 Å². The van der Waals surface area contributed by atoms with Gasteiger partial charge < -0.3 is 11.7 Å². The van der Waals surface area contributed by atoms with Crippen LogP contribution in [0.4, 0.5) is 0 Å². The lowest BCUT2D eigenvalue weighted by Gasteiger charge is -1.97. The van der Waals surface area contributed by atoms with Gasteiger partial charge in [0.15, 0.2) is 11.6 Å². The molecule has 0 aliphatic carbocycles. The molecule has 3 aromatic rings. The van der Waals surface area contributed by atoms with Gasteiger partial charge in [0.25, 0.3) is 0 Å². The maximum atomic E-state index is 12.3. The molecule has 8 nitrogen and oxygen atoms in total. The first kappa shape index (κ1) is 15.8. The molecular weight excluding hydrogens is 326 g/mol. The molecule has 3 heterocycles. The number of aromatic nitrogens is 3. The maximum absolute atomic E-state index is 12.3. The Balaban J connectivity index is 2.38. The predicted molar refractivity (Wildman–Crippen MR) is 94.5 cm³/mol. The Hall–Kier alpha value is -3.07. The zero-order chi connectivity index (χ0) is 17.1. The van der Waals surface area contributed by atoms with Crippen molar-refractivity contribution in [1.82, 2.24) is 14.4 Å². The van der Waals surface area contributed by atoms with Crippen LogP contribution in [-0.2, 0) is 0 Å². The molecule has 3 rings (SSSR count). The highest BCUT2D eigenvalue weighted by molar-refractivity contribution is 7.20. The van der Waals surface area contributed by atoms with Crippen LogP contribution in [0.1, 0.15) is 34.5 Å². The van der Waals surface area contributed by atoms with Gasteiger partial charge in [-0.1, -0.05) is 6.92 Å². The number of nitrogens with two attached hydrogens (primary N) is 2. The molecule has 0 amide bonds. The smallest absolute Gasteiger partial charge is 0.174 e. The molecule has 0 aliphatic heterocycles. The lowest BCUT2D eigenvalue weighted by Crippen LogP contribution is -2.05. The third-order valence-corrected chi connectivity index (χ3v) is 4.64. The van der Waals surface area contributed by atoms with Crippen LogP contribution in [0.5, 0.6) is 0 Å². The van der Waals surface area contributed by atoms with E-state index in [1.54, 1.807) is 16.8 Å². The molecule has 24 heavy (non-hydrogen) atoms. The van der Waals surface area contributed by atoms with Gasteiger partial charge in [0, 0.05) is 24.4 Å². The van der Waals surface area contributed by atoms with Gasteiger partial charge in [-0.15, -0.1) is 11.3 Å². The van der Waals surface area contributed by atoms with E-state index >= 15 is 0 Å². The standard InChI is InChI=1S/C15H15N7OS/c1-2-11(23)14-10(7-19-16)22-12(8-20-17)21-13(15(22)24-14)9-4-3-5-18-6-9/h3-8H,2,16-17H2,1H3. The second kappa shape index (κ2) is 6.59. The lowest BCUT2D eigenvalue weighted by molar-refractivity contribution is 0.0991. The molecule has 0 saturated carbocycles. The number of nitrogens with zero attached hydrogens (tertiary/aromatic N) is 5. The van der Waals surface area contributed by atoms with Gasteiger partial charge in [-0.05, 0) is 12.1 Å². The fourth-order valence-corrected chi connectivity index (χ4v) is 3.63. The average molecular weight is 341 g/mol. The van der Waals surface area contributed by atoms with Gasteiger partial charge in [-0.3, -0.25) is 14.2 Å². The van der Waals surface area contributed by atoms with Crippen molar-refractivity contribution in [2.75, 3.05) is 0 Å². The highest BCUT2D eigenvalue weighted by Gasteiger charge is 2.23. The van der Waals surface area contributed by atoms with Crippen LogP contribution in [-0.4, -0.2) is 32.6 Å². The van der Waals surface area contributed by atoms with Gasteiger partial charge in [-0.2, -0.15) is 10.2 Å². The zero-order valence-corrected chi connectivity index (χ0v) is 13.7. The van der Waals surface area contributed by atoms with Crippen molar-refractivity contribution >= 4 is 34.4 Å². The molecule has 0 saturated heterocycles. The second-order valence-electron chi connectivity index (χ2n) is 4.85. The summed E-state index contributed by atoms with van der Waals surface area (Å²) in [6.45, 7) is 1.81. The number of imidazole rings is 1. The fraction of sp³-hybridized carbons (Fsp3) is 0.133. The SMILES string of the molecule is CCC(=O)c1sc2c(-c3cccnc3)nc(C=NN)n2c1C=NN. The molecule has 0 atom stereocenters. The molecule has 4 N–H and O–H groups in total. The fourth-order valence-electron chi connectivity index (χ4n) is 2.39. The summed E-state index contributed by atoms with van der Waals surface area (Å²) in [4.78, 5) is 22.3. The number of hydrazone groups is 2. The number of carbonyl (C=O) groups excluding carboxylic acids is 1. The van der Waals surface area contributed by atoms with E-state index in [1.807, 2.05) is 19.1 Å². The number of hydrogen-bond donors (Lipinski definition) is 2. The van der Waals surface area contributed by atoms with Gasteiger partial charge in [0.05, 0.1) is 23.0 Å². The monoisotopic (exact) mass is 341 g/mol. The Kier molecular flexibility index (Phi) is 4.34. The Morgan fingerprint density at radius 2 is 2.17 bits per heavy atom. The highest BCUT2D eigenvalue weighted by atomic mass is 32.1. The van der Waals surface area contributed by atoms with Crippen LogP contribution >= 0.6 is 11.3 Å². The molecule has 0 aromatic carbocycles. The number of fused-ring (bicyclic) bond motifs is 1. The van der Waals surface area contributed by atoms with Crippen molar-refractivity contribution in [3.63, 3.8) is 0 Å². The quantitative estimate of drug-likeness (QED) is 0.316. The summed E-state index contributed by atoms with van der Waals surface area (Å²) in [5.41, 5.74) is 2.10. The first-order valence-electron chi connectivity index (χ1n) is 7.16. The van der Waals surface area contributed by atoms with Crippen LogP contribution in [0, 0.1) is 0 Å². The van der Waals surface area contributed by atoms with E-state index in [2.05, 4.69) is 20.2 Å². The number of hydrogen-bond acceptors (Lipinski definition) is 8. The summed E-state index contributed by atoms with van der Waals surface area (Å²) in [5, 5.41) is 7.14. The van der Waals surface area contributed by atoms with Gasteiger partial charge in [-0.25, -0.2) is 4.98 Å². The van der Waals surface area contributed by atoms with Crippen molar-refractivity contribution in [1.29, 1.82) is 0 Å². The minimum atomic E-state index is 0.00590. The predicted octanol–water partition coefficient (Wildman–Crippen LogP) is 1.64. The van der Waals surface area contributed by atoms with Crippen LogP contribution < -0.4 is 11.7 Å². The first-order chi connectivity index (χ1) is 11.7. The Morgan fingerprint density at radius 3 is 2.79 bits per heavy atom. The van der Waals surface area contributed by atoms with Crippen molar-refractivity contribution in [2.24, 2.45) is 21.9 Å². The molecule has 0 unspecified atom stereocenters. The molecule has 0 aliphatic rings. The van der Waals surface area contributed by atoms with E-state index in [-0.39, 0.29) is 5.78 Å². The second-order valence-corrected chi connectivity index (χ2v) is 5.85. The topological polar surface area (TPSA) is 124 Å². The number of ketones is 1. The number of pyridine rings is 1. The molecule has 0 spiro atoms. The molecule has 0 fully saturated rings. The van der Waals surface area contributed by atoms with Crippen LogP contribution in [0.3, 0.4) is 0 Å². The summed E-state index contributed by atoms with van der Waals surface area (Å²) >= 11 is 1.34. The molecule has 0 bridgehead atoms. The van der Waals surface area contributed by atoms with Crippen LogP contribution in [0.25, 0.3) is 16.1 Å². The van der Waals surface area contributed by atoms with Crippen LogP contribution in [0.2, 0.25) is 0 Å². The van der Waals surface area contributed by atoms with Crippen molar-refractivity contribution in [2.45, 2.75) is 13.3 Å². The van der Waals surface area contributed by atoms with Crippen molar-refractivity contribution < 1.29 is 4.79 Å². The number of thiazole rings is 1. The molecule has 9 heteroatoms. The van der Waals surface area contributed by atoms with Crippen molar-refractivity contribution in [3.8, 4) is 11.3 Å². The number of Topliss-reactive ketones (excluding diaryl/α,β-unsaturated/α-hetero) is 1. The summed E-state index contributed by atoms with van der Waals surface area (Å²) in [6.07, 6.45) is 6.64. The number of carbonyl (C=O) groups is 1. The minimum absolute atomic E-state index is 0.00590. The average Bonchev–Trinajstić information content (AvgIpc) is 3.14. The van der Waals surface area contributed by atoms with E-state index in [9.17, 15) is 4.79 Å². The summed E-state index contributed by atoms with van der Waals surface area (Å²) in [6, 6.07) is 3.72. The first-order valence-corrected chi connectivity index (χ1v) is 7.98. The maximum Gasteiger partial charge on any atom is 0.174 e. The molecular formula is C15H15N7OS. The summed E-state index contributed by atoms with van der Waals surface area (Å²) in [5.74, 6) is 11.1. The lowest BCUT2D eigenvalue weighted by atomic mass is 10.2. The molecule has 0 radical (unpaired) electrons. The van der Waals surface area contributed by atoms with E-state index in [1.165, 1.54) is 23.8 Å². The normalized spacial score (nSPS) is 11.9. The zero-order valence-electron chi connectivity index (χ0n) is 12.9.